The lowest BCUT2D eigenvalue weighted by Crippen LogP contribution is -2.49. The van der Waals surface area contributed by atoms with Gasteiger partial charge in [-0.1, -0.05) is 50.6 Å². The summed E-state index contributed by atoms with van der Waals surface area (Å²) < 4.78 is 5.51. The van der Waals surface area contributed by atoms with E-state index in [0.29, 0.717) is 5.75 Å². The number of nitrogens with one attached hydrogen (secondary N) is 1. The predicted molar refractivity (Wildman–Crippen MR) is 90.0 cm³/mol. The molecule has 2 aromatic carbocycles. The number of carbonyl (C=O) groups excluding carboxylic acids is 2. The lowest BCUT2D eigenvalue weighted by Gasteiger charge is -2.21. The first kappa shape index (κ1) is 16.8. The first-order chi connectivity index (χ1) is 11.0. The molecule has 0 bridgehead atoms. The zero-order chi connectivity index (χ0) is 16.8. The van der Waals surface area contributed by atoms with Crippen LogP contribution in [0.2, 0.25) is 0 Å². The topological polar surface area (TPSA) is 81.4 Å². The highest BCUT2D eigenvalue weighted by Crippen LogP contribution is 2.20. The van der Waals surface area contributed by atoms with Gasteiger partial charge in [-0.25, -0.2) is 0 Å². The van der Waals surface area contributed by atoms with Gasteiger partial charge in [0.1, 0.15) is 11.8 Å². The van der Waals surface area contributed by atoms with Crippen molar-refractivity contribution in [1.29, 1.82) is 0 Å². The van der Waals surface area contributed by atoms with Gasteiger partial charge < -0.3 is 15.8 Å². The Kier molecular flexibility index (Phi) is 5.57. The van der Waals surface area contributed by atoms with Crippen LogP contribution in [-0.4, -0.2) is 24.5 Å². The van der Waals surface area contributed by atoms with Gasteiger partial charge in [-0.15, -0.1) is 0 Å². The molecule has 0 saturated heterocycles. The van der Waals surface area contributed by atoms with Crippen molar-refractivity contribution in [3.05, 3.63) is 42.5 Å². The summed E-state index contributed by atoms with van der Waals surface area (Å²) in [6.07, 6.45) is 0.749. The maximum Gasteiger partial charge on any atom is 0.258 e. The molecule has 5 heteroatoms. The smallest absolute Gasteiger partial charge is 0.258 e. The highest BCUT2D eigenvalue weighted by Gasteiger charge is 2.23. The molecule has 2 aromatic rings. The number of hydrogen-bond donors (Lipinski definition) is 2. The molecule has 23 heavy (non-hydrogen) atoms. The number of benzene rings is 2. The third-order valence-electron chi connectivity index (χ3n) is 3.93. The zero-order valence-electron chi connectivity index (χ0n) is 13.4. The Labute approximate surface area is 135 Å². The number of hydrogen-bond acceptors (Lipinski definition) is 3. The molecular formula is C18H22N2O3. The molecule has 0 aliphatic heterocycles. The predicted octanol–water partition coefficient (Wildman–Crippen LogP) is 2.23. The van der Waals surface area contributed by atoms with Crippen LogP contribution in [-0.2, 0) is 9.59 Å². The highest BCUT2D eigenvalue weighted by molar-refractivity contribution is 5.87. The first-order valence-electron chi connectivity index (χ1n) is 7.71. The summed E-state index contributed by atoms with van der Waals surface area (Å²) in [5, 5.41) is 4.78. The van der Waals surface area contributed by atoms with Crippen molar-refractivity contribution in [2.45, 2.75) is 26.3 Å². The van der Waals surface area contributed by atoms with Gasteiger partial charge in [0.25, 0.3) is 5.91 Å². The SMILES string of the molecule is CCC(C)C(NC(=O)COc1ccc2ccccc2c1)C(N)=O. The molecule has 0 heterocycles. The standard InChI is InChI=1S/C18H22N2O3/c1-3-12(2)17(18(19)22)20-16(21)11-23-15-9-8-13-6-4-5-7-14(13)10-15/h4-10,12,17H,3,11H2,1-2H3,(H2,19,22)(H,20,21). The number of carbonyl (C=O) groups is 2. The average Bonchev–Trinajstić information content (AvgIpc) is 2.56. The van der Waals surface area contributed by atoms with Gasteiger partial charge >= 0.3 is 0 Å². The Morgan fingerprint density at radius 1 is 1.17 bits per heavy atom. The molecule has 2 rings (SSSR count). The minimum absolute atomic E-state index is 0.0166. The van der Waals surface area contributed by atoms with E-state index in [1.165, 1.54) is 0 Å². The van der Waals surface area contributed by atoms with Gasteiger partial charge in [-0.2, -0.15) is 0 Å². The maximum absolute atomic E-state index is 12.0. The summed E-state index contributed by atoms with van der Waals surface area (Å²) in [4.78, 5) is 23.4. The van der Waals surface area contributed by atoms with E-state index in [0.717, 1.165) is 17.2 Å². The van der Waals surface area contributed by atoms with E-state index < -0.39 is 11.9 Å². The molecule has 0 fully saturated rings. The lowest BCUT2D eigenvalue weighted by molar-refractivity contribution is -0.129. The summed E-state index contributed by atoms with van der Waals surface area (Å²) in [7, 11) is 0. The fraction of sp³-hybridized carbons (Fsp3) is 0.333. The summed E-state index contributed by atoms with van der Waals surface area (Å²) in [5.74, 6) is -0.296. The van der Waals surface area contributed by atoms with Crippen molar-refractivity contribution in [2.24, 2.45) is 11.7 Å². The van der Waals surface area contributed by atoms with E-state index in [9.17, 15) is 9.59 Å². The quantitative estimate of drug-likeness (QED) is 0.822. The van der Waals surface area contributed by atoms with Gasteiger partial charge in [-0.3, -0.25) is 9.59 Å². The van der Waals surface area contributed by atoms with Crippen molar-refractivity contribution in [1.82, 2.24) is 5.32 Å². The monoisotopic (exact) mass is 314 g/mol. The molecule has 3 N–H and O–H groups in total. The molecule has 122 valence electrons. The molecule has 2 atom stereocenters. The molecular weight excluding hydrogens is 292 g/mol. The minimum Gasteiger partial charge on any atom is -0.484 e. The van der Waals surface area contributed by atoms with Gasteiger partial charge in [-0.05, 0) is 28.8 Å². The van der Waals surface area contributed by atoms with E-state index in [4.69, 9.17) is 10.5 Å². The van der Waals surface area contributed by atoms with E-state index >= 15 is 0 Å². The van der Waals surface area contributed by atoms with Gasteiger partial charge in [0.15, 0.2) is 6.61 Å². The maximum atomic E-state index is 12.0. The van der Waals surface area contributed by atoms with E-state index in [1.807, 2.05) is 56.3 Å². The van der Waals surface area contributed by atoms with Gasteiger partial charge in [0.05, 0.1) is 0 Å². The molecule has 0 spiro atoms. The lowest BCUT2D eigenvalue weighted by atomic mass is 9.99. The van der Waals surface area contributed by atoms with E-state index in [-0.39, 0.29) is 18.4 Å². The van der Waals surface area contributed by atoms with Crippen LogP contribution in [0.25, 0.3) is 10.8 Å². The fourth-order valence-corrected chi connectivity index (χ4v) is 2.35. The second-order valence-corrected chi connectivity index (χ2v) is 5.63. The van der Waals surface area contributed by atoms with Crippen LogP contribution in [0.3, 0.4) is 0 Å². The first-order valence-corrected chi connectivity index (χ1v) is 7.71. The Bertz CT molecular complexity index is 699. The number of primary amides is 1. The number of amides is 2. The Morgan fingerprint density at radius 3 is 2.52 bits per heavy atom. The average molecular weight is 314 g/mol. The van der Waals surface area contributed by atoms with Gasteiger partial charge in [0.2, 0.25) is 5.91 Å². The number of ether oxygens (including phenoxy) is 1. The van der Waals surface area contributed by atoms with E-state index in [1.54, 1.807) is 0 Å². The molecule has 5 nitrogen and oxygen atoms in total. The van der Waals surface area contributed by atoms with Crippen LogP contribution in [0.4, 0.5) is 0 Å². The molecule has 0 saturated carbocycles. The van der Waals surface area contributed by atoms with Crippen LogP contribution in [0.1, 0.15) is 20.3 Å². The Balaban J connectivity index is 1.95. The summed E-state index contributed by atoms with van der Waals surface area (Å²) in [5.41, 5.74) is 5.34. The van der Waals surface area contributed by atoms with Crippen molar-refractivity contribution < 1.29 is 14.3 Å². The van der Waals surface area contributed by atoms with Gasteiger partial charge in [0, 0.05) is 0 Å². The summed E-state index contributed by atoms with van der Waals surface area (Å²) in [6, 6.07) is 12.9. The Morgan fingerprint density at radius 2 is 1.87 bits per heavy atom. The van der Waals surface area contributed by atoms with Crippen molar-refractivity contribution in [3.8, 4) is 5.75 Å². The second kappa shape index (κ2) is 7.63. The Hall–Kier alpha value is -2.56. The molecule has 2 unspecified atom stereocenters. The molecule has 0 radical (unpaired) electrons. The number of rotatable bonds is 7. The number of fused-ring (bicyclic) bond motifs is 1. The normalized spacial score (nSPS) is 13.3. The van der Waals surface area contributed by atoms with Crippen LogP contribution in [0.15, 0.2) is 42.5 Å². The van der Waals surface area contributed by atoms with Crippen LogP contribution in [0.5, 0.6) is 5.75 Å². The fourth-order valence-electron chi connectivity index (χ4n) is 2.35. The second-order valence-electron chi connectivity index (χ2n) is 5.63. The molecule has 0 aliphatic rings. The molecule has 2 amide bonds. The molecule has 0 aliphatic carbocycles. The summed E-state index contributed by atoms with van der Waals surface area (Å²) in [6.45, 7) is 3.66. The largest absolute Gasteiger partial charge is 0.484 e. The van der Waals surface area contributed by atoms with E-state index in [2.05, 4.69) is 5.32 Å². The minimum atomic E-state index is -0.673. The van der Waals surface area contributed by atoms with Crippen LogP contribution in [0, 0.1) is 5.92 Å². The van der Waals surface area contributed by atoms with Crippen LogP contribution >= 0.6 is 0 Å². The highest BCUT2D eigenvalue weighted by atomic mass is 16.5. The third-order valence-corrected chi connectivity index (χ3v) is 3.93. The number of nitrogens with two attached hydrogens (primary N) is 1. The third kappa shape index (κ3) is 4.45. The van der Waals surface area contributed by atoms with Crippen molar-refractivity contribution in [3.63, 3.8) is 0 Å². The zero-order valence-corrected chi connectivity index (χ0v) is 13.4. The molecule has 0 aromatic heterocycles. The van der Waals surface area contributed by atoms with Crippen molar-refractivity contribution >= 4 is 22.6 Å². The van der Waals surface area contributed by atoms with Crippen molar-refractivity contribution in [2.75, 3.05) is 6.61 Å². The summed E-state index contributed by atoms with van der Waals surface area (Å²) >= 11 is 0. The van der Waals surface area contributed by atoms with Crippen LogP contribution < -0.4 is 15.8 Å².